The third kappa shape index (κ3) is 60.7. The Kier molecular flexibility index (Phi) is 58.3. The van der Waals surface area contributed by atoms with E-state index in [0.717, 1.165) is 103 Å². The van der Waals surface area contributed by atoms with Crippen molar-refractivity contribution in [2.75, 3.05) is 39.6 Å². The lowest BCUT2D eigenvalue weighted by Gasteiger charge is -2.21. The summed E-state index contributed by atoms with van der Waals surface area (Å²) in [5, 5.41) is 10.5. The first-order valence-electron chi connectivity index (χ1n) is 34.6. The number of phosphoric acid groups is 2. The number of rotatable bonds is 66. The van der Waals surface area contributed by atoms with Gasteiger partial charge in [0.1, 0.15) is 19.3 Å². The van der Waals surface area contributed by atoms with Gasteiger partial charge >= 0.3 is 39.5 Å². The molecule has 17 nitrogen and oxygen atoms in total. The number of aliphatic hydroxyl groups excluding tert-OH is 1. The predicted molar refractivity (Wildman–Crippen MR) is 340 cm³/mol. The monoisotopic (exact) mass is 1250 g/mol. The molecule has 19 heteroatoms. The van der Waals surface area contributed by atoms with Gasteiger partial charge in [-0.05, 0) is 31.6 Å². The predicted octanol–water partition coefficient (Wildman–Crippen LogP) is 18.6. The number of hydrogen-bond donors (Lipinski definition) is 3. The second-order valence-electron chi connectivity index (χ2n) is 24.3. The van der Waals surface area contributed by atoms with Crippen LogP contribution < -0.4 is 0 Å². The van der Waals surface area contributed by atoms with Gasteiger partial charge in [0.15, 0.2) is 12.2 Å². The van der Waals surface area contributed by atoms with E-state index >= 15 is 0 Å². The first-order chi connectivity index (χ1) is 41.0. The van der Waals surface area contributed by atoms with Crippen molar-refractivity contribution in [3.05, 3.63) is 0 Å². The fourth-order valence-electron chi connectivity index (χ4n) is 9.94. The second-order valence-corrected chi connectivity index (χ2v) is 27.2. The summed E-state index contributed by atoms with van der Waals surface area (Å²) in [6.07, 6.45) is 45.3. The van der Waals surface area contributed by atoms with Crippen LogP contribution in [0.5, 0.6) is 0 Å². The number of esters is 4. The van der Waals surface area contributed by atoms with Crippen LogP contribution in [-0.2, 0) is 65.4 Å². The van der Waals surface area contributed by atoms with Gasteiger partial charge in [-0.3, -0.25) is 37.3 Å². The number of carbonyl (C=O) groups excluding carboxylic acids is 4. The van der Waals surface area contributed by atoms with Crippen LogP contribution in [-0.4, -0.2) is 96.7 Å². The molecule has 0 aromatic carbocycles. The zero-order valence-corrected chi connectivity index (χ0v) is 56.5. The van der Waals surface area contributed by atoms with Crippen LogP contribution in [0.1, 0.15) is 336 Å². The summed E-state index contributed by atoms with van der Waals surface area (Å²) < 4.78 is 67.7. The van der Waals surface area contributed by atoms with Crippen molar-refractivity contribution in [3.63, 3.8) is 0 Å². The van der Waals surface area contributed by atoms with E-state index in [9.17, 15) is 43.2 Å². The summed E-state index contributed by atoms with van der Waals surface area (Å²) in [5.74, 6) is -1.47. The average molecular weight is 1260 g/mol. The lowest BCUT2D eigenvalue weighted by molar-refractivity contribution is -0.161. The van der Waals surface area contributed by atoms with Gasteiger partial charge in [0.05, 0.1) is 26.4 Å². The van der Waals surface area contributed by atoms with Crippen LogP contribution in [0, 0.1) is 5.92 Å². The topological polar surface area (TPSA) is 237 Å². The highest BCUT2D eigenvalue weighted by Crippen LogP contribution is 2.45. The summed E-state index contributed by atoms with van der Waals surface area (Å²) in [7, 11) is -9.87. The van der Waals surface area contributed by atoms with Gasteiger partial charge in [-0.25, -0.2) is 9.13 Å². The van der Waals surface area contributed by atoms with E-state index in [1.807, 2.05) is 0 Å². The van der Waals surface area contributed by atoms with Gasteiger partial charge in [-0.1, -0.05) is 285 Å². The lowest BCUT2D eigenvalue weighted by Crippen LogP contribution is -2.30. The Morgan fingerprint density at radius 3 is 0.800 bits per heavy atom. The molecule has 85 heavy (non-hydrogen) atoms. The number of phosphoric ester groups is 2. The standard InChI is InChI=1S/C66H128O17P2/c1-6-9-12-15-17-19-20-21-22-23-24-25-26-27-28-29-30-31-33-35-42-47-52-66(71)83-62(56-77-64(69)50-45-40-37-36-39-43-48-59(4)5)58-81-85(74,75)79-54-60(67)53-78-84(72,73)80-57-61(55-76-63(68)49-44-38-14-11-8-3)82-65(70)51-46-41-34-32-18-16-13-10-7-2/h59-62,67H,6-58H2,1-5H3,(H,72,73)(H,74,75)/t60-,61+,62+/m0/s1. The molecular weight excluding hydrogens is 1130 g/mol. The number of ether oxygens (including phenoxy) is 4. The van der Waals surface area contributed by atoms with Gasteiger partial charge in [0.25, 0.3) is 0 Å². The molecule has 0 amide bonds. The minimum atomic E-state index is -4.94. The number of hydrogen-bond acceptors (Lipinski definition) is 15. The van der Waals surface area contributed by atoms with Gasteiger partial charge in [-0.2, -0.15) is 0 Å². The summed E-state index contributed by atoms with van der Waals surface area (Å²) >= 11 is 0. The SMILES string of the molecule is CCCCCCCCCCCCCCCCCCCCCCCCC(=O)O[C@H](COC(=O)CCCCCCCCC(C)C)COP(=O)(O)OC[C@@H](O)COP(=O)(O)OC[C@@H](COC(=O)CCCCCCC)OC(=O)CCCCCCCCCCC. The first-order valence-corrected chi connectivity index (χ1v) is 37.6. The molecule has 3 N–H and O–H groups in total. The molecule has 0 spiro atoms. The van der Waals surface area contributed by atoms with E-state index < -0.39 is 97.5 Å². The van der Waals surface area contributed by atoms with Gasteiger partial charge < -0.3 is 33.8 Å². The maximum Gasteiger partial charge on any atom is 0.472 e. The van der Waals surface area contributed by atoms with Crippen molar-refractivity contribution in [1.82, 2.24) is 0 Å². The third-order valence-corrected chi connectivity index (χ3v) is 17.2. The molecule has 0 aliphatic heterocycles. The second kappa shape index (κ2) is 59.7. The van der Waals surface area contributed by atoms with Crippen molar-refractivity contribution in [2.45, 2.75) is 355 Å². The molecule has 0 saturated carbocycles. The summed E-state index contributed by atoms with van der Waals surface area (Å²) in [4.78, 5) is 71.9. The minimum absolute atomic E-state index is 0.105. The minimum Gasteiger partial charge on any atom is -0.462 e. The Labute approximate surface area is 517 Å². The van der Waals surface area contributed by atoms with Crippen LogP contribution in [0.15, 0.2) is 0 Å². The summed E-state index contributed by atoms with van der Waals surface area (Å²) in [6, 6.07) is 0. The molecule has 0 rings (SSSR count). The number of carbonyl (C=O) groups is 4. The highest BCUT2D eigenvalue weighted by atomic mass is 31.2. The van der Waals surface area contributed by atoms with Crippen molar-refractivity contribution in [2.24, 2.45) is 5.92 Å². The Balaban J connectivity index is 5.02. The Bertz CT molecular complexity index is 1650. The molecule has 5 atom stereocenters. The average Bonchev–Trinajstić information content (AvgIpc) is 3.56. The Morgan fingerprint density at radius 2 is 0.541 bits per heavy atom. The van der Waals surface area contributed by atoms with Crippen molar-refractivity contribution < 1.29 is 80.2 Å². The zero-order chi connectivity index (χ0) is 62.8. The third-order valence-electron chi connectivity index (χ3n) is 15.3. The maximum absolute atomic E-state index is 13.0. The van der Waals surface area contributed by atoms with Crippen LogP contribution >= 0.6 is 15.6 Å². The van der Waals surface area contributed by atoms with Crippen LogP contribution in [0.3, 0.4) is 0 Å². The fraction of sp³-hybridized carbons (Fsp3) is 0.939. The molecule has 2 unspecified atom stereocenters. The molecule has 0 aliphatic carbocycles. The quantitative estimate of drug-likeness (QED) is 0.0222. The Morgan fingerprint density at radius 1 is 0.318 bits per heavy atom. The lowest BCUT2D eigenvalue weighted by atomic mass is 10.0. The molecule has 0 aliphatic rings. The van der Waals surface area contributed by atoms with Crippen LogP contribution in [0.2, 0.25) is 0 Å². The highest BCUT2D eigenvalue weighted by Gasteiger charge is 2.30. The zero-order valence-electron chi connectivity index (χ0n) is 54.7. The van der Waals surface area contributed by atoms with E-state index in [2.05, 4.69) is 34.6 Å². The van der Waals surface area contributed by atoms with E-state index in [4.69, 9.17) is 37.0 Å². The molecular formula is C66H128O17P2. The highest BCUT2D eigenvalue weighted by molar-refractivity contribution is 7.47. The van der Waals surface area contributed by atoms with Crippen molar-refractivity contribution >= 4 is 39.5 Å². The molecule has 0 heterocycles. The molecule has 0 saturated heterocycles. The van der Waals surface area contributed by atoms with Gasteiger partial charge in [-0.15, -0.1) is 0 Å². The molecule has 0 radical (unpaired) electrons. The smallest absolute Gasteiger partial charge is 0.462 e. The van der Waals surface area contributed by atoms with Crippen molar-refractivity contribution in [3.8, 4) is 0 Å². The molecule has 0 aromatic heterocycles. The maximum atomic E-state index is 13.0. The molecule has 0 aromatic rings. The van der Waals surface area contributed by atoms with Gasteiger partial charge in [0.2, 0.25) is 0 Å². The molecule has 0 bridgehead atoms. The largest absolute Gasteiger partial charge is 0.472 e. The van der Waals surface area contributed by atoms with E-state index in [-0.39, 0.29) is 25.7 Å². The van der Waals surface area contributed by atoms with Crippen LogP contribution in [0.4, 0.5) is 0 Å². The normalized spacial score (nSPS) is 14.2. The van der Waals surface area contributed by atoms with Crippen LogP contribution in [0.25, 0.3) is 0 Å². The molecule has 504 valence electrons. The Hall–Kier alpha value is -1.94. The fourth-order valence-corrected chi connectivity index (χ4v) is 11.5. The van der Waals surface area contributed by atoms with E-state index in [1.54, 1.807) is 0 Å². The van der Waals surface area contributed by atoms with Crippen molar-refractivity contribution in [1.29, 1.82) is 0 Å². The van der Waals surface area contributed by atoms with E-state index in [0.29, 0.717) is 31.6 Å². The molecule has 0 fully saturated rings. The number of aliphatic hydroxyl groups is 1. The van der Waals surface area contributed by atoms with E-state index in [1.165, 1.54) is 148 Å². The van der Waals surface area contributed by atoms with Gasteiger partial charge in [0, 0.05) is 25.7 Å². The number of unbranched alkanes of at least 4 members (excludes halogenated alkanes) is 38. The summed E-state index contributed by atoms with van der Waals surface area (Å²) in [6.45, 7) is 7.01. The first kappa shape index (κ1) is 83.1. The summed E-state index contributed by atoms with van der Waals surface area (Å²) in [5.41, 5.74) is 0.